The molecule has 0 saturated carbocycles. The summed E-state index contributed by atoms with van der Waals surface area (Å²) in [6, 6.07) is -3.48. The molecule has 3 amide bonds. The molecule has 12 nitrogen and oxygen atoms in total. The lowest BCUT2D eigenvalue weighted by molar-refractivity contribution is -0.141. The molecule has 0 aliphatic carbocycles. The first-order valence-electron chi connectivity index (χ1n) is 9.12. The van der Waals surface area contributed by atoms with E-state index in [0.717, 1.165) is 38.8 Å². The Morgan fingerprint density at radius 2 is 1.86 bits per heavy atom. The van der Waals surface area contributed by atoms with Crippen LogP contribution in [0.15, 0.2) is 4.52 Å². The summed E-state index contributed by atoms with van der Waals surface area (Å²) in [5, 5.41) is 26.9. The van der Waals surface area contributed by atoms with Gasteiger partial charge >= 0.3 is 12.0 Å². The zero-order valence-corrected chi connectivity index (χ0v) is 15.6. The number of anilines is 1. The van der Waals surface area contributed by atoms with Gasteiger partial charge in [-0.25, -0.2) is 9.59 Å². The minimum atomic E-state index is -1.52. The summed E-state index contributed by atoms with van der Waals surface area (Å²) in [7, 11) is 0. The summed E-state index contributed by atoms with van der Waals surface area (Å²) < 4.78 is 5.20. The summed E-state index contributed by atoms with van der Waals surface area (Å²) in [5.74, 6) is -1.78. The maximum Gasteiger partial charge on any atom is 0.328 e. The Hall–Kier alpha value is -2.89. The van der Waals surface area contributed by atoms with Gasteiger partial charge in [0.1, 0.15) is 6.04 Å². The van der Waals surface area contributed by atoms with Crippen LogP contribution < -0.4 is 21.3 Å². The Bertz CT molecular complexity index is 685. The number of aliphatic hydroxyl groups excluding tert-OH is 1. The van der Waals surface area contributed by atoms with Crippen LogP contribution in [0.4, 0.5) is 10.7 Å². The summed E-state index contributed by atoms with van der Waals surface area (Å²) in [5.41, 5.74) is 5.23. The number of primary amides is 1. The minimum absolute atomic E-state index is 0.0166. The number of aliphatic hydroxyl groups is 1. The van der Waals surface area contributed by atoms with Crippen LogP contribution in [0.25, 0.3) is 0 Å². The van der Waals surface area contributed by atoms with Crippen LogP contribution in [-0.4, -0.2) is 63.5 Å². The number of nitrogens with zero attached hydrogens (tertiary/aromatic N) is 3. The van der Waals surface area contributed by atoms with E-state index in [1.54, 1.807) is 0 Å². The third kappa shape index (κ3) is 6.08. The highest BCUT2D eigenvalue weighted by molar-refractivity contribution is 5.83. The molecule has 0 bridgehead atoms. The maximum absolute atomic E-state index is 12.1. The summed E-state index contributed by atoms with van der Waals surface area (Å²) in [6.07, 6.45) is 2.62. The number of carboxylic acids is 1. The SMILES string of the molecule is CC(O)C(NC(=O)N[C@@H](CC(N)=O)c1nc(N2CCCCCC2)no1)C(=O)O. The van der Waals surface area contributed by atoms with E-state index < -0.39 is 36.1 Å². The molecular weight excluding hydrogens is 372 g/mol. The molecular formula is C16H26N6O6. The number of carbonyl (C=O) groups is 3. The van der Waals surface area contributed by atoms with Crippen molar-refractivity contribution in [3.63, 3.8) is 0 Å². The van der Waals surface area contributed by atoms with Gasteiger partial charge in [-0.3, -0.25) is 4.79 Å². The average molecular weight is 398 g/mol. The van der Waals surface area contributed by atoms with Crippen molar-refractivity contribution in [2.24, 2.45) is 5.73 Å². The largest absolute Gasteiger partial charge is 0.480 e. The van der Waals surface area contributed by atoms with Gasteiger partial charge in [0.25, 0.3) is 11.8 Å². The number of carbonyl (C=O) groups excluding carboxylic acids is 2. The summed E-state index contributed by atoms with van der Waals surface area (Å²) in [4.78, 5) is 40.8. The van der Waals surface area contributed by atoms with Crippen molar-refractivity contribution < 1.29 is 29.1 Å². The van der Waals surface area contributed by atoms with E-state index in [1.165, 1.54) is 6.92 Å². The fraction of sp³-hybridized carbons (Fsp3) is 0.688. The topological polar surface area (TPSA) is 184 Å². The van der Waals surface area contributed by atoms with Gasteiger partial charge in [-0.05, 0) is 24.9 Å². The molecule has 0 spiro atoms. The Kier molecular flexibility index (Phi) is 7.55. The van der Waals surface area contributed by atoms with Gasteiger partial charge in [0.05, 0.1) is 12.5 Å². The van der Waals surface area contributed by atoms with Gasteiger partial charge < -0.3 is 36.0 Å². The Morgan fingerprint density at radius 3 is 2.39 bits per heavy atom. The molecule has 1 aromatic rings. The first-order chi connectivity index (χ1) is 13.3. The monoisotopic (exact) mass is 398 g/mol. The lowest BCUT2D eigenvalue weighted by atomic mass is 10.2. The third-order valence-corrected chi connectivity index (χ3v) is 4.36. The van der Waals surface area contributed by atoms with Crippen LogP contribution in [0.5, 0.6) is 0 Å². The highest BCUT2D eigenvalue weighted by atomic mass is 16.5. The van der Waals surface area contributed by atoms with E-state index in [2.05, 4.69) is 20.8 Å². The van der Waals surface area contributed by atoms with Crippen LogP contribution in [0.1, 0.15) is 51.0 Å². The number of aromatic nitrogens is 2. The van der Waals surface area contributed by atoms with Gasteiger partial charge in [-0.15, -0.1) is 0 Å². The predicted octanol–water partition coefficient (Wildman–Crippen LogP) is -0.500. The van der Waals surface area contributed by atoms with Gasteiger partial charge in [-0.2, -0.15) is 4.98 Å². The van der Waals surface area contributed by atoms with Crippen molar-refractivity contribution in [3.05, 3.63) is 5.89 Å². The van der Waals surface area contributed by atoms with Crippen LogP contribution in [-0.2, 0) is 9.59 Å². The summed E-state index contributed by atoms with van der Waals surface area (Å²) in [6.45, 7) is 2.79. The van der Waals surface area contributed by atoms with Crippen LogP contribution in [0, 0.1) is 0 Å². The number of rotatable bonds is 8. The van der Waals surface area contributed by atoms with Crippen LogP contribution in [0.2, 0.25) is 0 Å². The molecule has 1 saturated heterocycles. The molecule has 1 aromatic heterocycles. The van der Waals surface area contributed by atoms with E-state index in [9.17, 15) is 19.5 Å². The normalized spacial score (nSPS) is 17.9. The number of carboxylic acid groups (broad SMARTS) is 1. The molecule has 0 radical (unpaired) electrons. The highest BCUT2D eigenvalue weighted by Gasteiger charge is 2.29. The highest BCUT2D eigenvalue weighted by Crippen LogP contribution is 2.20. The van der Waals surface area contributed by atoms with Crippen LogP contribution >= 0.6 is 0 Å². The van der Waals surface area contributed by atoms with E-state index in [1.807, 2.05) is 4.90 Å². The van der Waals surface area contributed by atoms with E-state index in [4.69, 9.17) is 15.4 Å². The fourth-order valence-corrected chi connectivity index (χ4v) is 2.90. The van der Waals surface area contributed by atoms with Crippen molar-refractivity contribution in [1.82, 2.24) is 20.8 Å². The Balaban J connectivity index is 2.09. The number of nitrogens with one attached hydrogen (secondary N) is 2. The zero-order chi connectivity index (χ0) is 20.7. The average Bonchev–Trinajstić information content (AvgIpc) is 2.94. The molecule has 28 heavy (non-hydrogen) atoms. The second kappa shape index (κ2) is 9.88. The van der Waals surface area contributed by atoms with E-state index >= 15 is 0 Å². The molecule has 6 N–H and O–H groups in total. The molecule has 1 aliphatic heterocycles. The van der Waals surface area contributed by atoms with Gasteiger partial charge in [0.2, 0.25) is 5.91 Å². The number of urea groups is 1. The lowest BCUT2D eigenvalue weighted by Crippen LogP contribution is -2.52. The maximum atomic E-state index is 12.1. The number of amides is 3. The van der Waals surface area contributed by atoms with Crippen molar-refractivity contribution in [3.8, 4) is 0 Å². The summed E-state index contributed by atoms with van der Waals surface area (Å²) >= 11 is 0. The van der Waals surface area contributed by atoms with Crippen molar-refractivity contribution in [2.75, 3.05) is 18.0 Å². The number of hydrogen-bond acceptors (Lipinski definition) is 8. The standard InChI is InChI=1S/C16H26N6O6/c1-9(23)12(14(25)26)19-16(27)18-10(8-11(17)24)13-20-15(21-28-13)22-6-4-2-3-5-7-22/h9-10,12,23H,2-8H2,1H3,(H2,17,24)(H,25,26)(H2,18,19,27)/t9?,10-,12?/m0/s1. The number of nitrogens with two attached hydrogens (primary N) is 1. The lowest BCUT2D eigenvalue weighted by Gasteiger charge is -2.20. The van der Waals surface area contributed by atoms with E-state index in [0.29, 0.717) is 5.95 Å². The molecule has 156 valence electrons. The van der Waals surface area contributed by atoms with Crippen molar-refractivity contribution in [1.29, 1.82) is 0 Å². The molecule has 1 fully saturated rings. The molecule has 2 heterocycles. The van der Waals surface area contributed by atoms with Gasteiger partial charge in [0.15, 0.2) is 6.04 Å². The Morgan fingerprint density at radius 1 is 1.21 bits per heavy atom. The molecule has 0 aromatic carbocycles. The number of aliphatic carboxylic acids is 1. The van der Waals surface area contributed by atoms with E-state index in [-0.39, 0.29) is 12.3 Å². The minimum Gasteiger partial charge on any atom is -0.480 e. The quantitative estimate of drug-likeness (QED) is 0.385. The smallest absolute Gasteiger partial charge is 0.328 e. The molecule has 12 heteroatoms. The fourth-order valence-electron chi connectivity index (χ4n) is 2.90. The first kappa shape index (κ1) is 21.4. The second-order valence-electron chi connectivity index (χ2n) is 6.73. The van der Waals surface area contributed by atoms with Crippen molar-refractivity contribution in [2.45, 2.75) is 57.2 Å². The predicted molar refractivity (Wildman–Crippen MR) is 96.3 cm³/mol. The number of hydrogen-bond donors (Lipinski definition) is 5. The van der Waals surface area contributed by atoms with Crippen LogP contribution in [0.3, 0.4) is 0 Å². The molecule has 2 rings (SSSR count). The first-order valence-corrected chi connectivity index (χ1v) is 9.12. The third-order valence-electron chi connectivity index (χ3n) is 4.36. The zero-order valence-electron chi connectivity index (χ0n) is 15.6. The van der Waals surface area contributed by atoms with Gasteiger partial charge in [-0.1, -0.05) is 12.8 Å². The van der Waals surface area contributed by atoms with Crippen molar-refractivity contribution >= 4 is 23.9 Å². The van der Waals surface area contributed by atoms with Gasteiger partial charge in [0, 0.05) is 13.1 Å². The molecule has 2 unspecified atom stereocenters. The molecule has 3 atom stereocenters. The Labute approximate surface area is 161 Å². The molecule has 1 aliphatic rings. The second-order valence-corrected chi connectivity index (χ2v) is 6.73.